The van der Waals surface area contributed by atoms with E-state index in [1.165, 1.54) is 0 Å². The summed E-state index contributed by atoms with van der Waals surface area (Å²) in [6.07, 6.45) is 0.471. The Morgan fingerprint density at radius 1 is 1.20 bits per heavy atom. The molecule has 1 heterocycles. The monoisotopic (exact) mass is 376 g/mol. The van der Waals surface area contributed by atoms with Crippen LogP contribution in [0.2, 0.25) is 0 Å². The molecule has 1 fully saturated rings. The molecule has 1 unspecified atom stereocenters. The normalized spacial score (nSPS) is 15.2. The van der Waals surface area contributed by atoms with Crippen molar-refractivity contribution in [3.63, 3.8) is 0 Å². The van der Waals surface area contributed by atoms with Crippen molar-refractivity contribution in [3.8, 4) is 0 Å². The van der Waals surface area contributed by atoms with Crippen molar-refractivity contribution in [1.29, 1.82) is 0 Å². The van der Waals surface area contributed by atoms with E-state index in [0.717, 1.165) is 0 Å². The zero-order valence-corrected chi connectivity index (χ0v) is 14.4. The van der Waals surface area contributed by atoms with Crippen LogP contribution in [0.1, 0.15) is 44.9 Å². The number of thiol groups is 1. The van der Waals surface area contributed by atoms with Crippen molar-refractivity contribution < 1.29 is 32.4 Å². The van der Waals surface area contributed by atoms with E-state index in [-0.39, 0.29) is 25.0 Å². The molecule has 0 aromatic heterocycles. The lowest BCUT2D eigenvalue weighted by Gasteiger charge is -2.18. The van der Waals surface area contributed by atoms with Crippen LogP contribution in [0.5, 0.6) is 0 Å². The number of carbonyl (C=O) groups is 3. The number of rotatable bonds is 11. The number of ether oxygens (including phenoxy) is 1. The van der Waals surface area contributed by atoms with Gasteiger partial charge in [-0.05, 0) is 31.2 Å². The molecule has 0 N–H and O–H groups in total. The molecular formula is C13H20N4O7S. The first-order chi connectivity index (χ1) is 11.9. The zero-order chi connectivity index (χ0) is 18.7. The number of amides is 2. The number of unbranched alkanes of at least 4 members (excludes halogenated alkanes) is 2. The fraction of sp³-hybridized carbons (Fsp3) is 0.769. The standard InChI is InChI=1S/C13H20N4O7S/c14-16-15-8-3-1-2-4-10(7-9-25(21)22)23-13(20)24-17-11(18)5-6-12(17)19/h10,25H,1-9H2. The van der Waals surface area contributed by atoms with E-state index in [0.29, 0.717) is 37.3 Å². The fourth-order valence-corrected chi connectivity index (χ4v) is 2.68. The van der Waals surface area contributed by atoms with Crippen molar-refractivity contribution >= 4 is 28.7 Å². The first kappa shape index (κ1) is 20.7. The summed E-state index contributed by atoms with van der Waals surface area (Å²) in [7, 11) is -2.62. The summed E-state index contributed by atoms with van der Waals surface area (Å²) < 4.78 is 26.5. The van der Waals surface area contributed by atoms with Crippen LogP contribution in [0.15, 0.2) is 5.11 Å². The van der Waals surface area contributed by atoms with E-state index in [4.69, 9.17) is 10.3 Å². The van der Waals surface area contributed by atoms with Crippen LogP contribution in [0.4, 0.5) is 4.79 Å². The van der Waals surface area contributed by atoms with Gasteiger partial charge in [0.05, 0.1) is 5.75 Å². The molecule has 1 aliphatic heterocycles. The largest absolute Gasteiger partial charge is 0.534 e. The Hall–Kier alpha value is -2.33. The molecule has 140 valence electrons. The summed E-state index contributed by atoms with van der Waals surface area (Å²) >= 11 is 0. The van der Waals surface area contributed by atoms with Gasteiger partial charge in [-0.1, -0.05) is 16.6 Å². The predicted molar refractivity (Wildman–Crippen MR) is 84.7 cm³/mol. The third-order valence-corrected chi connectivity index (χ3v) is 4.04. The van der Waals surface area contributed by atoms with E-state index in [2.05, 4.69) is 14.9 Å². The molecule has 0 spiro atoms. The second kappa shape index (κ2) is 11.3. The molecular weight excluding hydrogens is 356 g/mol. The lowest BCUT2D eigenvalue weighted by Crippen LogP contribution is -2.34. The SMILES string of the molecule is [N-]=[N+]=NCCCCCC(CC[SH](=O)=O)OC(=O)ON1C(=O)CCC1=O. The van der Waals surface area contributed by atoms with Crippen molar-refractivity contribution in [2.45, 2.75) is 51.0 Å². The highest BCUT2D eigenvalue weighted by Gasteiger charge is 2.34. The molecule has 1 saturated heterocycles. The smallest absolute Gasteiger partial charge is 0.429 e. The second-order valence-corrected chi connectivity index (χ2v) is 6.42. The Morgan fingerprint density at radius 2 is 1.88 bits per heavy atom. The van der Waals surface area contributed by atoms with Crippen LogP contribution in [0.25, 0.3) is 10.4 Å². The molecule has 0 saturated carbocycles. The highest BCUT2D eigenvalue weighted by Crippen LogP contribution is 2.15. The van der Waals surface area contributed by atoms with Crippen LogP contribution < -0.4 is 0 Å². The van der Waals surface area contributed by atoms with Crippen molar-refractivity contribution in [2.75, 3.05) is 12.3 Å². The molecule has 0 radical (unpaired) electrons. The molecule has 0 aliphatic carbocycles. The van der Waals surface area contributed by atoms with Gasteiger partial charge in [0.15, 0.2) is 0 Å². The molecule has 11 nitrogen and oxygen atoms in total. The van der Waals surface area contributed by atoms with E-state index >= 15 is 0 Å². The van der Waals surface area contributed by atoms with Gasteiger partial charge in [-0.25, -0.2) is 13.2 Å². The maximum absolute atomic E-state index is 11.7. The zero-order valence-electron chi connectivity index (χ0n) is 13.5. The molecule has 0 aromatic carbocycles. The van der Waals surface area contributed by atoms with Gasteiger partial charge in [0.25, 0.3) is 11.8 Å². The Balaban J connectivity index is 2.44. The average molecular weight is 376 g/mol. The van der Waals surface area contributed by atoms with Crippen LogP contribution in [-0.4, -0.2) is 49.9 Å². The Bertz CT molecular complexity index is 591. The highest BCUT2D eigenvalue weighted by molar-refractivity contribution is 7.72. The third kappa shape index (κ3) is 8.36. The van der Waals surface area contributed by atoms with Gasteiger partial charge in [0.2, 0.25) is 0 Å². The van der Waals surface area contributed by atoms with Gasteiger partial charge < -0.3 is 4.74 Å². The minimum Gasteiger partial charge on any atom is -0.429 e. The number of imide groups is 1. The molecule has 1 rings (SSSR count). The number of hydrogen-bond acceptors (Lipinski definition) is 8. The first-order valence-corrected chi connectivity index (χ1v) is 9.17. The van der Waals surface area contributed by atoms with E-state index in [1.807, 2.05) is 0 Å². The maximum atomic E-state index is 11.7. The highest BCUT2D eigenvalue weighted by atomic mass is 32.2. The van der Waals surface area contributed by atoms with Crippen LogP contribution in [-0.2, 0) is 29.9 Å². The Morgan fingerprint density at radius 3 is 2.48 bits per heavy atom. The lowest BCUT2D eigenvalue weighted by molar-refractivity contribution is -0.178. The minimum atomic E-state index is -2.62. The molecule has 1 aliphatic rings. The van der Waals surface area contributed by atoms with Gasteiger partial charge in [0, 0.05) is 24.3 Å². The van der Waals surface area contributed by atoms with E-state index in [1.54, 1.807) is 0 Å². The van der Waals surface area contributed by atoms with Crippen molar-refractivity contribution in [1.82, 2.24) is 5.06 Å². The van der Waals surface area contributed by atoms with Crippen molar-refractivity contribution in [3.05, 3.63) is 10.4 Å². The van der Waals surface area contributed by atoms with Gasteiger partial charge >= 0.3 is 6.16 Å². The summed E-state index contributed by atoms with van der Waals surface area (Å²) in [6.45, 7) is 0.357. The van der Waals surface area contributed by atoms with Gasteiger partial charge in [0.1, 0.15) is 16.8 Å². The second-order valence-electron chi connectivity index (χ2n) is 5.31. The summed E-state index contributed by atoms with van der Waals surface area (Å²) in [5.74, 6) is -1.41. The number of azide groups is 1. The van der Waals surface area contributed by atoms with E-state index < -0.39 is 34.8 Å². The topological polar surface area (TPSA) is 156 Å². The minimum absolute atomic E-state index is 0.0304. The number of hydrogen-bond donors (Lipinski definition) is 1. The third-order valence-electron chi connectivity index (χ3n) is 3.42. The van der Waals surface area contributed by atoms with Crippen LogP contribution >= 0.6 is 0 Å². The summed E-state index contributed by atoms with van der Waals surface area (Å²) in [4.78, 5) is 41.7. The Labute approximate surface area is 145 Å². The summed E-state index contributed by atoms with van der Waals surface area (Å²) in [5, 5.41) is 3.76. The molecule has 25 heavy (non-hydrogen) atoms. The summed E-state index contributed by atoms with van der Waals surface area (Å²) in [6, 6.07) is 0. The van der Waals surface area contributed by atoms with E-state index in [9.17, 15) is 22.8 Å². The summed E-state index contributed by atoms with van der Waals surface area (Å²) in [5.41, 5.74) is 8.16. The van der Waals surface area contributed by atoms with Crippen LogP contribution in [0, 0.1) is 0 Å². The van der Waals surface area contributed by atoms with Crippen LogP contribution in [0.3, 0.4) is 0 Å². The predicted octanol–water partition coefficient (Wildman–Crippen LogP) is 1.44. The molecule has 0 aromatic rings. The number of hydroxylamine groups is 2. The molecule has 1 atom stereocenters. The number of nitrogens with zero attached hydrogens (tertiary/aromatic N) is 4. The molecule has 2 amide bonds. The molecule has 12 heteroatoms. The molecule has 0 bridgehead atoms. The van der Waals surface area contributed by atoms with Gasteiger partial charge in [-0.3, -0.25) is 14.4 Å². The van der Waals surface area contributed by atoms with Gasteiger partial charge in [-0.15, -0.1) is 0 Å². The quantitative estimate of drug-likeness (QED) is 0.109. The number of carbonyl (C=O) groups excluding carboxylic acids is 3. The Kier molecular flexibility index (Phi) is 9.33. The fourth-order valence-electron chi connectivity index (χ4n) is 2.18. The maximum Gasteiger partial charge on any atom is 0.534 e. The average Bonchev–Trinajstić information content (AvgIpc) is 2.87. The van der Waals surface area contributed by atoms with Crippen molar-refractivity contribution in [2.24, 2.45) is 5.11 Å². The lowest BCUT2D eigenvalue weighted by atomic mass is 10.1. The first-order valence-electron chi connectivity index (χ1n) is 7.81. The van der Waals surface area contributed by atoms with Gasteiger partial charge in [-0.2, -0.15) is 0 Å².